The maximum atomic E-state index is 13.6. The molecule has 4 unspecified atom stereocenters. The fourth-order valence-corrected chi connectivity index (χ4v) is 4.76. The molecule has 0 aliphatic heterocycles. The van der Waals surface area contributed by atoms with Gasteiger partial charge in [-0.05, 0) is 56.6 Å². The van der Waals surface area contributed by atoms with E-state index in [4.69, 9.17) is 40.1 Å². The minimum atomic E-state index is -1.29. The summed E-state index contributed by atoms with van der Waals surface area (Å²) in [6, 6.07) is 2.92. The summed E-state index contributed by atoms with van der Waals surface area (Å²) < 4.78 is 0. The Morgan fingerprint density at radius 2 is 1.12 bits per heavy atom. The molecule has 19 N–H and O–H groups in total. The Hall–Kier alpha value is -5.59. The molecule has 2 rings (SSSR count). The van der Waals surface area contributed by atoms with Crippen LogP contribution in [0, 0.1) is 0 Å². The lowest BCUT2D eigenvalue weighted by atomic mass is 10.0. The third-order valence-corrected chi connectivity index (χ3v) is 7.17. The molecule has 0 aliphatic rings. The quantitative estimate of drug-likeness (QED) is 0.0353. The predicted molar refractivity (Wildman–Crippen MR) is 183 cm³/mol. The number of aromatic amines is 1. The number of aliphatic imine (C=N–C) groups is 3. The van der Waals surface area contributed by atoms with E-state index in [9.17, 15) is 24.3 Å². The summed E-state index contributed by atoms with van der Waals surface area (Å²) in [5.74, 6) is -3.77. The molecule has 4 atom stereocenters. The zero-order valence-corrected chi connectivity index (χ0v) is 26.7. The Morgan fingerprint density at radius 1 is 0.688 bits per heavy atom. The molecule has 48 heavy (non-hydrogen) atoms. The number of benzene rings is 1. The third kappa shape index (κ3) is 13.8. The number of nitrogens with two attached hydrogens (primary N) is 7. The number of aromatic nitrogens is 1. The van der Waals surface area contributed by atoms with Crippen LogP contribution in [0.3, 0.4) is 0 Å². The molecule has 0 saturated heterocycles. The van der Waals surface area contributed by atoms with Crippen molar-refractivity contribution >= 4 is 52.5 Å². The van der Waals surface area contributed by atoms with Crippen molar-refractivity contribution in [2.75, 3.05) is 19.6 Å². The largest absolute Gasteiger partial charge is 0.480 e. The second-order valence-corrected chi connectivity index (χ2v) is 11.0. The van der Waals surface area contributed by atoms with Crippen LogP contribution in [-0.2, 0) is 25.6 Å². The number of hydrogen-bond acceptors (Lipinski definition) is 8. The summed E-state index contributed by atoms with van der Waals surface area (Å²) in [5, 5.41) is 18.4. The van der Waals surface area contributed by atoms with Crippen molar-refractivity contribution in [3.8, 4) is 0 Å². The molecule has 1 aromatic carbocycles. The van der Waals surface area contributed by atoms with Gasteiger partial charge in [0, 0.05) is 36.7 Å². The van der Waals surface area contributed by atoms with Crippen LogP contribution in [0.15, 0.2) is 45.4 Å². The number of carboxylic acid groups (broad SMARTS) is 1. The van der Waals surface area contributed by atoms with Gasteiger partial charge in [-0.25, -0.2) is 4.79 Å². The molecule has 0 bridgehead atoms. The summed E-state index contributed by atoms with van der Waals surface area (Å²) in [6.07, 6.45) is 2.94. The Labute approximate surface area is 277 Å². The first-order valence-electron chi connectivity index (χ1n) is 15.4. The topological polar surface area (TPSA) is 360 Å². The number of nitrogens with zero attached hydrogens (tertiary/aromatic N) is 3. The Balaban J connectivity index is 2.21. The second kappa shape index (κ2) is 19.8. The minimum Gasteiger partial charge on any atom is -0.480 e. The van der Waals surface area contributed by atoms with Crippen LogP contribution in [0.5, 0.6) is 0 Å². The van der Waals surface area contributed by atoms with Crippen LogP contribution in [0.2, 0.25) is 0 Å². The number of H-pyrrole nitrogens is 1. The number of amides is 3. The van der Waals surface area contributed by atoms with Gasteiger partial charge in [-0.1, -0.05) is 18.2 Å². The second-order valence-electron chi connectivity index (χ2n) is 11.0. The summed E-state index contributed by atoms with van der Waals surface area (Å²) in [6.45, 7) is 0.473. The van der Waals surface area contributed by atoms with Crippen molar-refractivity contribution in [2.24, 2.45) is 55.1 Å². The highest BCUT2D eigenvalue weighted by Gasteiger charge is 2.30. The van der Waals surface area contributed by atoms with Gasteiger partial charge in [-0.2, -0.15) is 0 Å². The third-order valence-electron chi connectivity index (χ3n) is 7.17. The van der Waals surface area contributed by atoms with E-state index in [0.29, 0.717) is 6.42 Å². The van der Waals surface area contributed by atoms with Crippen molar-refractivity contribution < 1.29 is 24.3 Å². The molecule has 0 fully saturated rings. The van der Waals surface area contributed by atoms with Gasteiger partial charge in [-0.15, -0.1) is 0 Å². The maximum absolute atomic E-state index is 13.6. The Morgan fingerprint density at radius 3 is 1.60 bits per heavy atom. The summed E-state index contributed by atoms with van der Waals surface area (Å²) >= 11 is 0. The van der Waals surface area contributed by atoms with Gasteiger partial charge >= 0.3 is 5.97 Å². The van der Waals surface area contributed by atoms with E-state index in [2.05, 4.69) is 35.9 Å². The number of carboxylic acids is 1. The van der Waals surface area contributed by atoms with E-state index in [1.807, 2.05) is 24.3 Å². The van der Waals surface area contributed by atoms with Crippen molar-refractivity contribution in [1.82, 2.24) is 20.9 Å². The highest BCUT2D eigenvalue weighted by molar-refractivity contribution is 5.94. The summed E-state index contributed by atoms with van der Waals surface area (Å²) in [7, 11) is 0. The maximum Gasteiger partial charge on any atom is 0.326 e. The fourth-order valence-electron chi connectivity index (χ4n) is 4.76. The van der Waals surface area contributed by atoms with E-state index >= 15 is 0 Å². The van der Waals surface area contributed by atoms with Crippen molar-refractivity contribution in [3.05, 3.63) is 36.0 Å². The first-order valence-corrected chi connectivity index (χ1v) is 15.4. The van der Waals surface area contributed by atoms with Crippen molar-refractivity contribution in [3.63, 3.8) is 0 Å². The standard InChI is InChI=1S/C29H48N14O5/c30-18(14-16-15-40-19-7-2-1-6-17(16)19)23(44)41-20(8-3-11-37-27(31)32)24(45)42-21(9-4-12-38-28(33)34)25(46)43-22(26(47)48)10-5-13-39-29(35)36/h1-2,6-7,15,18,20-22,40H,3-5,8-14,30H2,(H,41,44)(H,42,45)(H,43,46)(H,47,48)(H4,31,32,37)(H4,33,34,38)(H4,35,36,39). The molecule has 19 heteroatoms. The lowest BCUT2D eigenvalue weighted by Crippen LogP contribution is -2.57. The van der Waals surface area contributed by atoms with Gasteiger partial charge in [0.25, 0.3) is 0 Å². The van der Waals surface area contributed by atoms with Gasteiger partial charge in [0.15, 0.2) is 17.9 Å². The summed E-state index contributed by atoms with van der Waals surface area (Å²) in [4.78, 5) is 66.8. The van der Waals surface area contributed by atoms with E-state index < -0.39 is 47.9 Å². The number of hydrogen-bond donors (Lipinski definition) is 12. The van der Waals surface area contributed by atoms with E-state index in [-0.39, 0.29) is 76.0 Å². The first-order chi connectivity index (χ1) is 22.8. The molecule has 1 aromatic heterocycles. The van der Waals surface area contributed by atoms with Crippen molar-refractivity contribution in [1.29, 1.82) is 0 Å². The van der Waals surface area contributed by atoms with Crippen molar-refractivity contribution in [2.45, 2.75) is 69.1 Å². The molecule has 0 spiro atoms. The number of nitrogens with one attached hydrogen (secondary N) is 4. The number of rotatable bonds is 21. The SMILES string of the molecule is NC(N)=NCCCC(NC(=O)C(CCCN=C(N)N)NC(=O)C(CCCN=C(N)N)NC(=O)C(N)Cc1c[nH]c2ccccc12)C(=O)O. The molecule has 0 aliphatic carbocycles. The van der Waals surface area contributed by atoms with Crippen LogP contribution < -0.4 is 56.1 Å². The fraction of sp³-hybridized carbons (Fsp3) is 0.483. The lowest BCUT2D eigenvalue weighted by Gasteiger charge is -2.25. The van der Waals surface area contributed by atoms with E-state index in [1.165, 1.54) is 0 Å². The monoisotopic (exact) mass is 672 g/mol. The number of guanidine groups is 3. The van der Waals surface area contributed by atoms with Crippen LogP contribution in [0.4, 0.5) is 0 Å². The number of carbonyl (C=O) groups is 4. The zero-order valence-electron chi connectivity index (χ0n) is 26.7. The summed E-state index contributed by atoms with van der Waals surface area (Å²) in [5.41, 5.74) is 40.2. The highest BCUT2D eigenvalue weighted by Crippen LogP contribution is 2.19. The molecule has 3 amide bonds. The van der Waals surface area contributed by atoms with Crippen LogP contribution >= 0.6 is 0 Å². The van der Waals surface area contributed by atoms with Gasteiger partial charge in [-0.3, -0.25) is 29.4 Å². The Kier molecular flexibility index (Phi) is 15.9. The zero-order chi connectivity index (χ0) is 35.6. The van der Waals surface area contributed by atoms with E-state index in [0.717, 1.165) is 16.5 Å². The number of fused-ring (bicyclic) bond motifs is 1. The Bertz CT molecular complexity index is 1460. The molecule has 0 radical (unpaired) electrons. The molecule has 2 aromatic rings. The first kappa shape index (κ1) is 38.6. The number of carbonyl (C=O) groups excluding carboxylic acids is 3. The van der Waals surface area contributed by atoms with Crippen LogP contribution in [-0.4, -0.2) is 95.5 Å². The molecule has 1 heterocycles. The molecular formula is C29H48N14O5. The van der Waals surface area contributed by atoms with Gasteiger partial charge in [0.1, 0.15) is 18.1 Å². The number of para-hydroxylation sites is 1. The normalized spacial score (nSPS) is 13.3. The predicted octanol–water partition coefficient (Wildman–Crippen LogP) is -3.26. The molecular weight excluding hydrogens is 624 g/mol. The lowest BCUT2D eigenvalue weighted by molar-refractivity contribution is -0.142. The van der Waals surface area contributed by atoms with Crippen LogP contribution in [0.1, 0.15) is 44.1 Å². The van der Waals surface area contributed by atoms with Gasteiger partial charge in [0.05, 0.1) is 6.04 Å². The average molecular weight is 673 g/mol. The molecule has 0 saturated carbocycles. The molecule has 264 valence electrons. The number of aliphatic carboxylic acids is 1. The average Bonchev–Trinajstić information content (AvgIpc) is 3.43. The van der Waals surface area contributed by atoms with Crippen LogP contribution in [0.25, 0.3) is 10.9 Å². The minimum absolute atomic E-state index is 0.0182. The van der Waals surface area contributed by atoms with E-state index in [1.54, 1.807) is 6.20 Å². The van der Waals surface area contributed by atoms with Gasteiger partial charge < -0.3 is 66.2 Å². The highest BCUT2D eigenvalue weighted by atomic mass is 16.4. The van der Waals surface area contributed by atoms with Gasteiger partial charge in [0.2, 0.25) is 17.7 Å². The molecule has 19 nitrogen and oxygen atoms in total. The smallest absolute Gasteiger partial charge is 0.326 e.